The van der Waals surface area contributed by atoms with Gasteiger partial charge in [0.1, 0.15) is 5.01 Å². The van der Waals surface area contributed by atoms with E-state index in [0.717, 1.165) is 0 Å². The molecule has 0 radical (unpaired) electrons. The van der Waals surface area contributed by atoms with Crippen LogP contribution in [0, 0.1) is 0 Å². The lowest BCUT2D eigenvalue weighted by Crippen LogP contribution is -2.03. The van der Waals surface area contributed by atoms with E-state index in [4.69, 9.17) is 0 Å². The van der Waals surface area contributed by atoms with Crippen molar-refractivity contribution in [1.29, 1.82) is 0 Å². The fraction of sp³-hybridized carbons (Fsp3) is 1.00. The summed E-state index contributed by atoms with van der Waals surface area (Å²) >= 11 is 3.03. The fourth-order valence-corrected chi connectivity index (χ4v) is 0. The van der Waals surface area contributed by atoms with Gasteiger partial charge in [0.15, 0.2) is 0 Å². The molecule has 0 saturated heterocycles. The molecule has 0 aromatic rings. The van der Waals surface area contributed by atoms with Crippen molar-refractivity contribution in [3.8, 4) is 0 Å². The molecule has 0 aromatic carbocycles. The summed E-state index contributed by atoms with van der Waals surface area (Å²) in [5, 5.41) is -0.0255. The van der Waals surface area contributed by atoms with Crippen LogP contribution in [-0.4, -0.2) is 5.01 Å². The molecule has 2 nitrogen and oxygen atoms in total. The molecule has 2 N–H and O–H groups in total. The Morgan fingerprint density at radius 2 is 2.20 bits per heavy atom. The van der Waals surface area contributed by atoms with Crippen molar-refractivity contribution >= 4 is 15.9 Å². The monoisotopic (exact) mass is 139 g/mol. The van der Waals surface area contributed by atoms with E-state index < -0.39 is 0 Å². The van der Waals surface area contributed by atoms with Crippen LogP contribution in [0.2, 0.25) is 0 Å². The van der Waals surface area contributed by atoms with Crippen LogP contribution in [0.15, 0.2) is 0 Å². The molecule has 3 heteroatoms. The Morgan fingerprint density at radius 1 is 2.00 bits per heavy atom. The Bertz CT molecular complexity index is 23.6. The summed E-state index contributed by atoms with van der Waals surface area (Å²) < 4.78 is 0. The first kappa shape index (κ1) is 5.40. The third-order valence-corrected chi connectivity index (χ3v) is 0.403. The van der Waals surface area contributed by atoms with Crippen molar-refractivity contribution in [3.63, 3.8) is 0 Å². The molecule has 1 unspecified atom stereocenters. The molecule has 0 heterocycles. The van der Waals surface area contributed by atoms with Crippen LogP contribution in [0.4, 0.5) is 0 Å². The maximum atomic E-state index is 4.62. The number of hydrogen-bond donors (Lipinski definition) is 1. The van der Waals surface area contributed by atoms with E-state index in [1.165, 1.54) is 0 Å². The highest BCUT2D eigenvalue weighted by atomic mass is 79.9. The van der Waals surface area contributed by atoms with Crippen molar-refractivity contribution in [2.24, 2.45) is 5.90 Å². The average molecular weight is 140 g/mol. The predicted octanol–water partition coefficient (Wildman–Crippen LogP) is 0.618. The Morgan fingerprint density at radius 3 is 2.20 bits per heavy atom. The largest absolute Gasteiger partial charge is 0.290 e. The van der Waals surface area contributed by atoms with Crippen LogP contribution < -0.4 is 5.90 Å². The Hall–Kier alpha value is 0.400. The molecule has 0 saturated carbocycles. The summed E-state index contributed by atoms with van der Waals surface area (Å²) in [6, 6.07) is 0. The van der Waals surface area contributed by atoms with Crippen molar-refractivity contribution in [1.82, 2.24) is 0 Å². The van der Waals surface area contributed by atoms with Crippen molar-refractivity contribution in [3.05, 3.63) is 0 Å². The number of nitrogens with two attached hydrogens (primary N) is 1. The second-order valence-corrected chi connectivity index (χ2v) is 1.97. The summed E-state index contributed by atoms with van der Waals surface area (Å²) in [6.07, 6.45) is 0. The van der Waals surface area contributed by atoms with Crippen molar-refractivity contribution in [2.45, 2.75) is 11.9 Å². The van der Waals surface area contributed by atoms with E-state index in [0.29, 0.717) is 0 Å². The molecule has 0 aliphatic heterocycles. The highest BCUT2D eigenvalue weighted by molar-refractivity contribution is 9.09. The highest BCUT2D eigenvalue weighted by Gasteiger charge is 1.82. The minimum absolute atomic E-state index is 0.0255. The third-order valence-electron chi connectivity index (χ3n) is 0.188. The first-order valence-corrected chi connectivity index (χ1v) is 2.18. The number of hydrogen-bond acceptors (Lipinski definition) is 2. The van der Waals surface area contributed by atoms with Crippen LogP contribution >= 0.6 is 15.9 Å². The molecular weight excluding hydrogens is 134 g/mol. The van der Waals surface area contributed by atoms with Gasteiger partial charge in [-0.25, -0.2) is 5.90 Å². The van der Waals surface area contributed by atoms with E-state index in [9.17, 15) is 0 Å². The molecule has 0 aliphatic carbocycles. The normalized spacial score (nSPS) is 15.0. The molecule has 0 fully saturated rings. The zero-order chi connectivity index (χ0) is 4.28. The van der Waals surface area contributed by atoms with Gasteiger partial charge in [-0.2, -0.15) is 0 Å². The van der Waals surface area contributed by atoms with Crippen molar-refractivity contribution < 1.29 is 4.84 Å². The number of rotatable bonds is 1. The van der Waals surface area contributed by atoms with Crippen LogP contribution in [0.1, 0.15) is 6.92 Å². The molecule has 1 atom stereocenters. The van der Waals surface area contributed by atoms with Gasteiger partial charge in [0.05, 0.1) is 0 Å². The lowest BCUT2D eigenvalue weighted by molar-refractivity contribution is 0.132. The first-order valence-electron chi connectivity index (χ1n) is 1.27. The lowest BCUT2D eigenvalue weighted by Gasteiger charge is -1.91. The Balaban J connectivity index is 2.54. The van der Waals surface area contributed by atoms with Crippen LogP contribution in [0.3, 0.4) is 0 Å². The van der Waals surface area contributed by atoms with E-state index in [1.807, 2.05) is 0 Å². The van der Waals surface area contributed by atoms with E-state index in [2.05, 4.69) is 26.7 Å². The van der Waals surface area contributed by atoms with Gasteiger partial charge in [0.2, 0.25) is 0 Å². The van der Waals surface area contributed by atoms with Gasteiger partial charge in [-0.3, -0.25) is 4.84 Å². The van der Waals surface area contributed by atoms with Crippen molar-refractivity contribution in [2.75, 3.05) is 0 Å². The van der Waals surface area contributed by atoms with Gasteiger partial charge in [-0.05, 0) is 6.92 Å². The third kappa shape index (κ3) is 4.40. The highest BCUT2D eigenvalue weighted by Crippen LogP contribution is 1.91. The van der Waals surface area contributed by atoms with Crippen LogP contribution in [0.5, 0.6) is 0 Å². The molecule has 0 spiro atoms. The molecule has 32 valence electrons. The van der Waals surface area contributed by atoms with Gasteiger partial charge < -0.3 is 0 Å². The SMILES string of the molecule is CC(Br)ON. The zero-order valence-corrected chi connectivity index (χ0v) is 4.53. The van der Waals surface area contributed by atoms with Crippen LogP contribution in [0.25, 0.3) is 0 Å². The van der Waals surface area contributed by atoms with Gasteiger partial charge in [0.25, 0.3) is 0 Å². The fourth-order valence-electron chi connectivity index (χ4n) is 0. The standard InChI is InChI=1S/C2H6BrNO/c1-2(3)5-4/h2H,4H2,1H3. The lowest BCUT2D eigenvalue weighted by atomic mass is 10.9. The molecular formula is C2H6BrNO. The summed E-state index contributed by atoms with van der Waals surface area (Å²) in [6.45, 7) is 1.79. The number of halogens is 1. The van der Waals surface area contributed by atoms with Gasteiger partial charge >= 0.3 is 0 Å². The molecule has 0 bridgehead atoms. The summed E-state index contributed by atoms with van der Waals surface area (Å²) in [7, 11) is 0. The molecule has 0 aliphatic rings. The van der Waals surface area contributed by atoms with Gasteiger partial charge in [-0.15, -0.1) is 0 Å². The number of alkyl halides is 1. The van der Waals surface area contributed by atoms with E-state index in [1.54, 1.807) is 6.92 Å². The molecule has 0 aromatic heterocycles. The smallest absolute Gasteiger partial charge is 0.130 e. The Labute approximate surface area is 39.4 Å². The predicted molar refractivity (Wildman–Crippen MR) is 23.7 cm³/mol. The zero-order valence-electron chi connectivity index (χ0n) is 2.94. The summed E-state index contributed by atoms with van der Waals surface area (Å²) in [5.41, 5.74) is 0. The first-order chi connectivity index (χ1) is 2.27. The molecule has 0 amide bonds. The maximum Gasteiger partial charge on any atom is 0.130 e. The minimum atomic E-state index is -0.0255. The van der Waals surface area contributed by atoms with Gasteiger partial charge in [-0.1, -0.05) is 15.9 Å². The average Bonchev–Trinajstić information content (AvgIpc) is 1.38. The summed E-state index contributed by atoms with van der Waals surface area (Å²) in [4.78, 5) is 4.17. The van der Waals surface area contributed by atoms with Gasteiger partial charge in [0, 0.05) is 0 Å². The molecule has 0 rings (SSSR count). The quantitative estimate of drug-likeness (QED) is 0.428. The second kappa shape index (κ2) is 2.63. The summed E-state index contributed by atoms with van der Waals surface area (Å²) in [5.74, 6) is 4.62. The molecule has 5 heavy (non-hydrogen) atoms. The topological polar surface area (TPSA) is 35.2 Å². The Kier molecular flexibility index (Phi) is 2.84. The minimum Gasteiger partial charge on any atom is -0.290 e. The van der Waals surface area contributed by atoms with E-state index >= 15 is 0 Å². The van der Waals surface area contributed by atoms with E-state index in [-0.39, 0.29) is 5.01 Å². The second-order valence-electron chi connectivity index (χ2n) is 0.679. The van der Waals surface area contributed by atoms with Crippen LogP contribution in [-0.2, 0) is 4.84 Å². The maximum absolute atomic E-state index is 4.62.